The van der Waals surface area contributed by atoms with Crippen molar-refractivity contribution in [3.63, 3.8) is 0 Å². The minimum atomic E-state index is 0.296. The SMILES string of the molecule is C=Cc1cn(CCCCCCO)nn1. The molecule has 4 heteroatoms. The van der Waals surface area contributed by atoms with Gasteiger partial charge in [-0.05, 0) is 18.9 Å². The van der Waals surface area contributed by atoms with Crippen LogP contribution in [0.25, 0.3) is 6.08 Å². The molecular weight excluding hydrogens is 178 g/mol. The largest absolute Gasteiger partial charge is 0.396 e. The maximum absolute atomic E-state index is 8.58. The zero-order valence-corrected chi connectivity index (χ0v) is 8.39. The Balaban J connectivity index is 2.14. The van der Waals surface area contributed by atoms with E-state index in [1.807, 2.05) is 10.9 Å². The van der Waals surface area contributed by atoms with E-state index < -0.39 is 0 Å². The first-order chi connectivity index (χ1) is 6.86. The van der Waals surface area contributed by atoms with Crippen LogP contribution in [0.15, 0.2) is 12.8 Å². The molecule has 14 heavy (non-hydrogen) atoms. The van der Waals surface area contributed by atoms with Crippen molar-refractivity contribution in [3.05, 3.63) is 18.5 Å². The second-order valence-electron chi connectivity index (χ2n) is 3.25. The highest BCUT2D eigenvalue weighted by molar-refractivity contribution is 5.38. The van der Waals surface area contributed by atoms with E-state index in [4.69, 9.17) is 5.11 Å². The molecule has 0 aliphatic heterocycles. The van der Waals surface area contributed by atoms with Crippen LogP contribution in [0.3, 0.4) is 0 Å². The van der Waals surface area contributed by atoms with Gasteiger partial charge in [0.15, 0.2) is 0 Å². The summed E-state index contributed by atoms with van der Waals surface area (Å²) in [6.07, 6.45) is 7.77. The molecule has 0 saturated heterocycles. The Bertz CT molecular complexity index is 270. The van der Waals surface area contributed by atoms with Gasteiger partial charge in [-0.15, -0.1) is 5.10 Å². The quantitative estimate of drug-likeness (QED) is 0.670. The number of hydrogen-bond acceptors (Lipinski definition) is 3. The zero-order chi connectivity index (χ0) is 10.2. The lowest BCUT2D eigenvalue weighted by atomic mass is 10.2. The van der Waals surface area contributed by atoms with Crippen molar-refractivity contribution >= 4 is 6.08 Å². The van der Waals surface area contributed by atoms with Gasteiger partial charge in [0.2, 0.25) is 0 Å². The second-order valence-corrected chi connectivity index (χ2v) is 3.25. The summed E-state index contributed by atoms with van der Waals surface area (Å²) in [5.41, 5.74) is 0.820. The first kappa shape index (κ1) is 10.9. The van der Waals surface area contributed by atoms with E-state index in [-0.39, 0.29) is 0 Å². The number of rotatable bonds is 7. The summed E-state index contributed by atoms with van der Waals surface area (Å²) >= 11 is 0. The van der Waals surface area contributed by atoms with Crippen LogP contribution in [0.2, 0.25) is 0 Å². The van der Waals surface area contributed by atoms with E-state index in [1.54, 1.807) is 6.08 Å². The number of aryl methyl sites for hydroxylation is 1. The van der Waals surface area contributed by atoms with Gasteiger partial charge in [-0.25, -0.2) is 0 Å². The van der Waals surface area contributed by atoms with Crippen molar-refractivity contribution in [1.29, 1.82) is 0 Å². The Morgan fingerprint density at radius 3 is 2.79 bits per heavy atom. The van der Waals surface area contributed by atoms with E-state index in [0.717, 1.165) is 37.9 Å². The predicted molar refractivity (Wildman–Crippen MR) is 55.7 cm³/mol. The topological polar surface area (TPSA) is 50.9 Å². The minimum absolute atomic E-state index is 0.296. The number of nitrogens with zero attached hydrogens (tertiary/aromatic N) is 3. The third kappa shape index (κ3) is 3.70. The highest BCUT2D eigenvalue weighted by Gasteiger charge is 1.96. The molecule has 0 aromatic carbocycles. The second kappa shape index (κ2) is 6.32. The molecule has 4 nitrogen and oxygen atoms in total. The Labute approximate surface area is 84.3 Å². The molecule has 1 rings (SSSR count). The highest BCUT2D eigenvalue weighted by Crippen LogP contribution is 2.02. The molecule has 0 spiro atoms. The number of aliphatic hydroxyl groups is 1. The fourth-order valence-electron chi connectivity index (χ4n) is 1.26. The van der Waals surface area contributed by atoms with Crippen LogP contribution in [0.4, 0.5) is 0 Å². The lowest BCUT2D eigenvalue weighted by Gasteiger charge is -1.99. The van der Waals surface area contributed by atoms with Gasteiger partial charge in [-0.2, -0.15) is 0 Å². The van der Waals surface area contributed by atoms with E-state index >= 15 is 0 Å². The van der Waals surface area contributed by atoms with Gasteiger partial charge in [-0.1, -0.05) is 24.6 Å². The maximum Gasteiger partial charge on any atom is 0.105 e. The van der Waals surface area contributed by atoms with E-state index in [1.165, 1.54) is 0 Å². The summed E-state index contributed by atoms with van der Waals surface area (Å²) in [6, 6.07) is 0. The van der Waals surface area contributed by atoms with Gasteiger partial charge in [0.05, 0.1) is 6.20 Å². The lowest BCUT2D eigenvalue weighted by molar-refractivity contribution is 0.282. The average Bonchev–Trinajstić information content (AvgIpc) is 2.65. The number of aliphatic hydroxyl groups excluding tert-OH is 1. The molecule has 0 saturated carbocycles. The molecule has 0 radical (unpaired) electrons. The van der Waals surface area contributed by atoms with Crippen LogP contribution >= 0.6 is 0 Å². The Morgan fingerprint density at radius 1 is 1.36 bits per heavy atom. The molecule has 0 unspecified atom stereocenters. The van der Waals surface area contributed by atoms with Crippen molar-refractivity contribution in [2.75, 3.05) is 6.61 Å². The molecule has 0 amide bonds. The molecule has 1 heterocycles. The highest BCUT2D eigenvalue weighted by atomic mass is 16.2. The van der Waals surface area contributed by atoms with Crippen molar-refractivity contribution in [3.8, 4) is 0 Å². The number of aromatic nitrogens is 3. The van der Waals surface area contributed by atoms with Gasteiger partial charge in [0.1, 0.15) is 5.69 Å². The van der Waals surface area contributed by atoms with Gasteiger partial charge >= 0.3 is 0 Å². The Morgan fingerprint density at radius 2 is 2.14 bits per heavy atom. The lowest BCUT2D eigenvalue weighted by Crippen LogP contribution is -1.98. The first-order valence-corrected chi connectivity index (χ1v) is 5.00. The zero-order valence-electron chi connectivity index (χ0n) is 8.39. The van der Waals surface area contributed by atoms with E-state index in [2.05, 4.69) is 16.9 Å². The molecule has 1 aromatic heterocycles. The summed E-state index contributed by atoms with van der Waals surface area (Å²) in [7, 11) is 0. The van der Waals surface area contributed by atoms with Crippen LogP contribution in [-0.2, 0) is 6.54 Å². The maximum atomic E-state index is 8.58. The third-order valence-electron chi connectivity index (χ3n) is 2.06. The van der Waals surface area contributed by atoms with Gasteiger partial charge in [0, 0.05) is 13.2 Å². The van der Waals surface area contributed by atoms with Crippen LogP contribution < -0.4 is 0 Å². The standard InChI is InChI=1S/C10H17N3O/c1-2-10-9-13(12-11-10)7-5-3-4-6-8-14/h2,9,14H,1,3-8H2. The molecule has 0 bridgehead atoms. The minimum Gasteiger partial charge on any atom is -0.396 e. The summed E-state index contributed by atoms with van der Waals surface area (Å²) in [5, 5.41) is 16.4. The molecule has 1 aromatic rings. The van der Waals surface area contributed by atoms with Crippen molar-refractivity contribution in [1.82, 2.24) is 15.0 Å². The van der Waals surface area contributed by atoms with E-state index in [9.17, 15) is 0 Å². The summed E-state index contributed by atoms with van der Waals surface area (Å²) in [4.78, 5) is 0. The molecule has 0 aliphatic carbocycles. The molecule has 0 fully saturated rings. The molecule has 0 atom stereocenters. The normalized spacial score (nSPS) is 10.4. The third-order valence-corrected chi connectivity index (χ3v) is 2.06. The molecule has 0 aliphatic rings. The van der Waals surface area contributed by atoms with Crippen molar-refractivity contribution < 1.29 is 5.11 Å². The average molecular weight is 195 g/mol. The molecular formula is C10H17N3O. The van der Waals surface area contributed by atoms with E-state index in [0.29, 0.717) is 6.61 Å². The number of hydrogen-bond donors (Lipinski definition) is 1. The molecule has 1 N–H and O–H groups in total. The Hall–Kier alpha value is -1.16. The predicted octanol–water partition coefficient (Wildman–Crippen LogP) is 1.47. The summed E-state index contributed by atoms with van der Waals surface area (Å²) in [6.45, 7) is 4.81. The van der Waals surface area contributed by atoms with Gasteiger partial charge in [-0.3, -0.25) is 4.68 Å². The Kier molecular flexibility index (Phi) is 4.93. The fourth-order valence-corrected chi connectivity index (χ4v) is 1.26. The summed E-state index contributed by atoms with van der Waals surface area (Å²) < 4.78 is 1.83. The van der Waals surface area contributed by atoms with Gasteiger partial charge in [0.25, 0.3) is 0 Å². The van der Waals surface area contributed by atoms with Crippen molar-refractivity contribution in [2.24, 2.45) is 0 Å². The van der Waals surface area contributed by atoms with Crippen molar-refractivity contribution in [2.45, 2.75) is 32.2 Å². The van der Waals surface area contributed by atoms with Gasteiger partial charge < -0.3 is 5.11 Å². The summed E-state index contributed by atoms with van der Waals surface area (Å²) in [5.74, 6) is 0. The van der Waals surface area contributed by atoms with Crippen LogP contribution in [0, 0.1) is 0 Å². The smallest absolute Gasteiger partial charge is 0.105 e. The molecule has 78 valence electrons. The van der Waals surface area contributed by atoms with Crippen LogP contribution in [0.5, 0.6) is 0 Å². The van der Waals surface area contributed by atoms with Crippen LogP contribution in [-0.4, -0.2) is 26.7 Å². The van der Waals surface area contributed by atoms with Crippen LogP contribution in [0.1, 0.15) is 31.4 Å². The monoisotopic (exact) mass is 195 g/mol. The fraction of sp³-hybridized carbons (Fsp3) is 0.600. The number of unbranched alkanes of at least 4 members (excludes halogenated alkanes) is 3. The first-order valence-electron chi connectivity index (χ1n) is 5.00.